The first-order chi connectivity index (χ1) is 47.5. The van der Waals surface area contributed by atoms with Gasteiger partial charge in [-0.05, 0) is 79.9 Å². The molecule has 532 valence electrons. The van der Waals surface area contributed by atoms with E-state index in [2.05, 4.69) is 187 Å². The summed E-state index contributed by atoms with van der Waals surface area (Å²) < 4.78 is 0. The SMILES string of the molecule is CCCCN=C1C(Nc2c(C(C)C)cccc2C(C)C)=C(C)CC1C.CCCCN=C1C([N-]c2c(C(C)C)cccc2C(C)C)=C(C)CC1C.[CH2-]c1ccccc1.[CH2-]c1ccccc1.[CH2-]c1ccccc1.[CH2-]c1ccccc1.[CH2-]c1ccccc1.[CH2-]c1ccccc1.[CH2-]c1ccccc1.[Hf+4].[Hf]. The molecule has 2 unspecified atom stereocenters. The zero-order valence-electron chi connectivity index (χ0n) is 64.1. The largest absolute Gasteiger partial charge is 4.00 e. The van der Waals surface area contributed by atoms with Crippen LogP contribution in [0.15, 0.2) is 281 Å². The first-order valence-corrected chi connectivity index (χ1v) is 35.8. The molecular weight excluding hydrogens is 1550 g/mol. The number of hydrogen-bond acceptors (Lipinski definition) is 3. The van der Waals surface area contributed by atoms with E-state index in [1.165, 1.54) is 81.2 Å². The van der Waals surface area contributed by atoms with Crippen LogP contribution in [0.3, 0.4) is 0 Å². The number of unbranched alkanes of at least 4 members (excludes halogenated alkanes) is 2. The molecule has 101 heavy (non-hydrogen) atoms. The molecule has 0 radical (unpaired) electrons. The first-order valence-electron chi connectivity index (χ1n) is 35.8. The Bertz CT molecular complexity index is 3150. The number of aliphatic imine (C=N–C) groups is 2. The summed E-state index contributed by atoms with van der Waals surface area (Å²) in [6, 6.07) is 82.5. The Balaban J connectivity index is 0.000000609. The Kier molecular flexibility index (Phi) is 48.0. The fraction of sp³-hybridized carbons (Fsp3) is 0.295. The number of hydrogen-bond donors (Lipinski definition) is 1. The summed E-state index contributed by atoms with van der Waals surface area (Å²) in [5, 5.41) is 9.09. The molecule has 1 N–H and O–H groups in total. The van der Waals surface area contributed by atoms with Crippen molar-refractivity contribution in [1.82, 2.24) is 0 Å². The zero-order chi connectivity index (χ0) is 72.9. The number of nitrogens with one attached hydrogen (secondary N) is 1. The minimum Gasteiger partial charge on any atom is -0.656 e. The number of para-hydroxylation sites is 2. The van der Waals surface area contributed by atoms with Crippen LogP contribution in [0.25, 0.3) is 5.32 Å². The third-order valence-corrected chi connectivity index (χ3v) is 16.2. The van der Waals surface area contributed by atoms with Gasteiger partial charge in [0.2, 0.25) is 0 Å². The first kappa shape index (κ1) is 91.2. The van der Waals surface area contributed by atoms with Gasteiger partial charge in [-0.2, -0.15) is 172 Å². The van der Waals surface area contributed by atoms with Crippen LogP contribution < -0.4 is 5.32 Å². The number of allylic oxidation sites excluding steroid dienone is 4. The van der Waals surface area contributed by atoms with Crippen molar-refractivity contribution in [2.75, 3.05) is 18.4 Å². The summed E-state index contributed by atoms with van der Waals surface area (Å²) in [5.74, 6) is 2.95. The van der Waals surface area contributed by atoms with Gasteiger partial charge in [-0.25, -0.2) is 0 Å². The van der Waals surface area contributed by atoms with Gasteiger partial charge in [0.25, 0.3) is 0 Å². The van der Waals surface area contributed by atoms with Crippen LogP contribution in [0.1, 0.15) is 220 Å². The van der Waals surface area contributed by atoms with Crippen molar-refractivity contribution in [2.45, 2.75) is 159 Å². The predicted octanol–water partition coefficient (Wildman–Crippen LogP) is 27.5. The normalized spacial score (nSPS) is 13.8. The Labute approximate surface area is 654 Å². The van der Waals surface area contributed by atoms with Crippen molar-refractivity contribution in [3.63, 3.8) is 0 Å². The molecule has 0 amide bonds. The van der Waals surface area contributed by atoms with Crippen LogP contribution in [-0.4, -0.2) is 24.5 Å². The summed E-state index contributed by atoms with van der Waals surface area (Å²) in [6.45, 7) is 59.6. The average Bonchev–Trinajstić information content (AvgIpc) is 1.78. The molecule has 11 rings (SSSR count). The third kappa shape index (κ3) is 37.1. The molecule has 0 saturated heterocycles. The van der Waals surface area contributed by atoms with Crippen LogP contribution in [-0.2, 0) is 51.7 Å². The molecule has 4 nitrogen and oxygen atoms in total. The molecule has 2 atom stereocenters. The van der Waals surface area contributed by atoms with Crippen molar-refractivity contribution in [1.29, 1.82) is 0 Å². The van der Waals surface area contributed by atoms with Gasteiger partial charge in [0.1, 0.15) is 0 Å². The van der Waals surface area contributed by atoms with Gasteiger partial charge in [-0.15, -0.1) is 96.3 Å². The van der Waals surface area contributed by atoms with Crippen molar-refractivity contribution in [2.24, 2.45) is 21.8 Å². The Morgan fingerprint density at radius 2 is 0.614 bits per heavy atom. The molecule has 0 bridgehead atoms. The summed E-state index contributed by atoms with van der Waals surface area (Å²) in [6.07, 6.45) is 6.92. The fourth-order valence-corrected chi connectivity index (χ4v) is 10.7. The Morgan fingerprint density at radius 3 is 0.861 bits per heavy atom. The Hall–Kier alpha value is -7.77. The molecule has 9 aromatic carbocycles. The van der Waals surface area contributed by atoms with E-state index in [1.807, 2.05) is 212 Å². The minimum atomic E-state index is 0. The van der Waals surface area contributed by atoms with Crippen LogP contribution in [0.2, 0.25) is 0 Å². The predicted molar refractivity (Wildman–Crippen MR) is 440 cm³/mol. The van der Waals surface area contributed by atoms with E-state index in [9.17, 15) is 0 Å². The molecule has 0 heterocycles. The van der Waals surface area contributed by atoms with Crippen molar-refractivity contribution in [3.8, 4) is 0 Å². The zero-order valence-corrected chi connectivity index (χ0v) is 71.3. The van der Waals surface area contributed by atoms with Gasteiger partial charge < -0.3 is 10.6 Å². The van der Waals surface area contributed by atoms with E-state index in [4.69, 9.17) is 15.3 Å². The van der Waals surface area contributed by atoms with E-state index < -0.39 is 0 Å². The molecule has 9 aromatic rings. The van der Waals surface area contributed by atoms with Gasteiger partial charge in [-0.1, -0.05) is 191 Å². The van der Waals surface area contributed by atoms with Crippen LogP contribution >= 0.6 is 0 Å². The minimum absolute atomic E-state index is 0. The second-order valence-corrected chi connectivity index (χ2v) is 26.6. The molecule has 2 aliphatic rings. The summed E-state index contributed by atoms with van der Waals surface area (Å²) >= 11 is 0. The molecule has 0 aromatic heterocycles. The van der Waals surface area contributed by atoms with Crippen LogP contribution in [0.5, 0.6) is 0 Å². The van der Waals surface area contributed by atoms with E-state index in [0.717, 1.165) is 77.0 Å². The number of nitrogens with zero attached hydrogens (tertiary/aromatic N) is 3. The maximum Gasteiger partial charge on any atom is 4.00 e. The standard InChI is InChI=1S/C23H36N2.C23H35N2.7C7H7.2Hf/c2*1-8-9-13-24-21-17(6)14-18(7)22(21)25-23-19(15(2)3)11-10-12-20(23)16(4)5;7*1-7-5-3-2-4-6-7;;/h10-12,15-17,25H,8-9,13-14H2,1-7H3;10-12,15-17H,8-9,13-14H2,1-7H3;7*2-6H,1H2;;/q;8*-1;;+4. The number of anilines is 1. The van der Waals surface area contributed by atoms with Gasteiger partial charge >= 0.3 is 25.8 Å². The van der Waals surface area contributed by atoms with Gasteiger partial charge in [0, 0.05) is 62.2 Å². The van der Waals surface area contributed by atoms with Gasteiger partial charge in [0.15, 0.2) is 0 Å². The van der Waals surface area contributed by atoms with Crippen molar-refractivity contribution >= 4 is 22.8 Å². The Morgan fingerprint density at radius 1 is 0.366 bits per heavy atom. The summed E-state index contributed by atoms with van der Waals surface area (Å²) in [4.78, 5) is 9.90. The van der Waals surface area contributed by atoms with Crippen LogP contribution in [0, 0.1) is 60.3 Å². The van der Waals surface area contributed by atoms with Crippen LogP contribution in [0.4, 0.5) is 11.4 Å². The van der Waals surface area contributed by atoms with E-state index in [1.54, 1.807) is 0 Å². The second-order valence-electron chi connectivity index (χ2n) is 26.6. The number of benzene rings is 9. The van der Waals surface area contributed by atoms with E-state index in [-0.39, 0.29) is 51.7 Å². The maximum atomic E-state index is 5.24. The molecule has 0 spiro atoms. The average molecular weight is 1680 g/mol. The molecule has 0 fully saturated rings. The van der Waals surface area contributed by atoms with Gasteiger partial charge in [0.05, 0.1) is 11.4 Å². The molecule has 0 saturated carbocycles. The van der Waals surface area contributed by atoms with Crippen molar-refractivity contribution in [3.05, 3.63) is 386 Å². The third-order valence-electron chi connectivity index (χ3n) is 16.2. The molecule has 2 aliphatic carbocycles. The monoisotopic (exact) mass is 1680 g/mol. The topological polar surface area (TPSA) is 50.9 Å². The molecule has 6 heteroatoms. The summed E-state index contributed by atoms with van der Waals surface area (Å²) in [7, 11) is 0. The molecule has 0 aliphatic heterocycles. The molecular formula is C95H120Hf2N4-4. The number of rotatable bonds is 14. The maximum absolute atomic E-state index is 5.24. The van der Waals surface area contributed by atoms with Crippen molar-refractivity contribution < 1.29 is 51.7 Å². The smallest absolute Gasteiger partial charge is 0.656 e. The second kappa shape index (κ2) is 53.1. The van der Waals surface area contributed by atoms with E-state index in [0.29, 0.717) is 35.5 Å². The fourth-order valence-electron chi connectivity index (χ4n) is 10.7. The van der Waals surface area contributed by atoms with E-state index >= 15 is 0 Å². The summed E-state index contributed by atoms with van der Waals surface area (Å²) in [5.41, 5.74) is 23.2. The quantitative estimate of drug-likeness (QED) is 0.0658. The van der Waals surface area contributed by atoms with Gasteiger partial charge in [-0.3, -0.25) is 9.98 Å².